The van der Waals surface area contributed by atoms with Crippen molar-refractivity contribution in [1.82, 2.24) is 0 Å². The molecule has 0 aliphatic heterocycles. The van der Waals surface area contributed by atoms with Crippen LogP contribution in [0.3, 0.4) is 0 Å². The van der Waals surface area contributed by atoms with E-state index in [1.807, 2.05) is 27.7 Å². The van der Waals surface area contributed by atoms with E-state index in [1.165, 1.54) is 18.2 Å². The largest absolute Gasteiger partial charge is 0.514 e. The van der Waals surface area contributed by atoms with Gasteiger partial charge in [-0.15, -0.1) is 0 Å². The third-order valence-electron chi connectivity index (χ3n) is 6.87. The maximum absolute atomic E-state index is 12.6. The smallest absolute Gasteiger partial charge is 0.480 e. The van der Waals surface area contributed by atoms with Crippen molar-refractivity contribution in [3.05, 3.63) is 54.1 Å². The first kappa shape index (κ1) is 34.9. The van der Waals surface area contributed by atoms with E-state index in [-0.39, 0.29) is 35.7 Å². The van der Waals surface area contributed by atoms with Gasteiger partial charge in [-0.2, -0.15) is 0 Å². The average molecular weight is 604 g/mol. The summed E-state index contributed by atoms with van der Waals surface area (Å²) in [5.41, 5.74) is 6.37. The molecule has 0 aromatic heterocycles. The molecular weight excluding hydrogens is 562 g/mol. The minimum absolute atomic E-state index is 0.00511. The molecule has 3 N–H and O–H groups in total. The average Bonchev–Trinajstić information content (AvgIpc) is 2.93. The van der Waals surface area contributed by atoms with Crippen LogP contribution >= 0.6 is 0 Å². The lowest BCUT2D eigenvalue weighted by atomic mass is 9.82. The molecule has 0 aliphatic carbocycles. The Balaban J connectivity index is 2.36. The summed E-state index contributed by atoms with van der Waals surface area (Å²) >= 11 is 0. The van der Waals surface area contributed by atoms with Crippen molar-refractivity contribution in [3.63, 3.8) is 0 Å². The Hall–Kier alpha value is -4.32. The molecule has 43 heavy (non-hydrogen) atoms. The molecule has 0 aliphatic rings. The number of rotatable bonds is 13. The second-order valence-electron chi connectivity index (χ2n) is 10.9. The summed E-state index contributed by atoms with van der Waals surface area (Å²) in [4.78, 5) is 49.3. The highest BCUT2D eigenvalue weighted by Gasteiger charge is 2.33. The fraction of sp³-hybridized carbons (Fsp3) is 0.484. The summed E-state index contributed by atoms with van der Waals surface area (Å²) in [5, 5.41) is 9.75. The molecule has 0 fully saturated rings. The van der Waals surface area contributed by atoms with Gasteiger partial charge in [0.05, 0.1) is 6.61 Å². The quantitative estimate of drug-likeness (QED) is 0.152. The monoisotopic (exact) mass is 603 g/mol. The Morgan fingerprint density at radius 3 is 1.77 bits per heavy atom. The summed E-state index contributed by atoms with van der Waals surface area (Å²) in [5.74, 6) is -3.03. The standard InChI is InChI=1S/C31H41NO11/c1-17(2)20(6)39-30(36)42-24-14-13-22(15-25(24)43-31(37)40-21(7)18(3)4)26(27(32)28(33)34)19(5)16-38-29(35)41-23-11-9-8-10-12-23/h8-15,17-21,26-27H,16,32H2,1-7H3,(H,33,34)/t19?,20?,21?,26?,27-/m0/s1. The molecule has 2 rings (SSSR count). The summed E-state index contributed by atoms with van der Waals surface area (Å²) in [7, 11) is 0. The van der Waals surface area contributed by atoms with E-state index in [1.54, 1.807) is 51.1 Å². The number of ether oxygens (including phenoxy) is 6. The van der Waals surface area contributed by atoms with Gasteiger partial charge in [0.1, 0.15) is 24.0 Å². The van der Waals surface area contributed by atoms with Crippen LogP contribution in [0.5, 0.6) is 17.2 Å². The molecule has 0 saturated heterocycles. The van der Waals surface area contributed by atoms with Crippen LogP contribution in [0.15, 0.2) is 48.5 Å². The van der Waals surface area contributed by atoms with Crippen molar-refractivity contribution in [2.24, 2.45) is 23.5 Å². The minimum atomic E-state index is -1.45. The molecule has 12 nitrogen and oxygen atoms in total. The lowest BCUT2D eigenvalue weighted by molar-refractivity contribution is -0.139. The summed E-state index contributed by atoms with van der Waals surface area (Å²) in [6.45, 7) is 12.2. The van der Waals surface area contributed by atoms with Gasteiger partial charge < -0.3 is 39.3 Å². The normalized spacial score (nSPS) is 14.6. The molecule has 5 atom stereocenters. The summed E-state index contributed by atoms with van der Waals surface area (Å²) < 4.78 is 31.7. The molecule has 4 unspecified atom stereocenters. The Labute approximate surface area is 251 Å². The van der Waals surface area contributed by atoms with Gasteiger partial charge in [0, 0.05) is 5.92 Å². The van der Waals surface area contributed by atoms with E-state index in [2.05, 4.69) is 0 Å². The highest BCUT2D eigenvalue weighted by atomic mass is 16.8. The molecule has 236 valence electrons. The van der Waals surface area contributed by atoms with Crippen LogP contribution in [0.25, 0.3) is 0 Å². The van der Waals surface area contributed by atoms with Gasteiger partial charge in [-0.1, -0.05) is 58.9 Å². The zero-order chi connectivity index (χ0) is 32.3. The SMILES string of the molecule is CC(C)C(C)OC(=O)Oc1ccc(C(C(C)COC(=O)Oc2ccccc2)[C@H](N)C(=O)O)cc1OC(=O)OC(C)C(C)C. The van der Waals surface area contributed by atoms with Crippen molar-refractivity contribution in [2.75, 3.05) is 6.61 Å². The number of carboxylic acids is 1. The van der Waals surface area contributed by atoms with E-state index >= 15 is 0 Å². The number of carboxylic acid groups (broad SMARTS) is 1. The molecule has 12 heteroatoms. The highest BCUT2D eigenvalue weighted by molar-refractivity contribution is 5.75. The lowest BCUT2D eigenvalue weighted by Crippen LogP contribution is -2.40. The van der Waals surface area contributed by atoms with Crippen molar-refractivity contribution in [1.29, 1.82) is 0 Å². The molecule has 0 saturated carbocycles. The number of benzene rings is 2. The molecule has 0 spiro atoms. The summed E-state index contributed by atoms with van der Waals surface area (Å²) in [6.07, 6.45) is -4.02. The Morgan fingerprint density at radius 2 is 1.26 bits per heavy atom. The van der Waals surface area contributed by atoms with Crippen molar-refractivity contribution in [2.45, 2.75) is 72.6 Å². The number of nitrogens with two attached hydrogens (primary N) is 1. The number of para-hydroxylation sites is 1. The van der Waals surface area contributed by atoms with Crippen LogP contribution in [0.1, 0.15) is 59.9 Å². The molecule has 0 amide bonds. The Kier molecular flexibility index (Phi) is 13.3. The van der Waals surface area contributed by atoms with Crippen LogP contribution in [-0.2, 0) is 19.0 Å². The fourth-order valence-corrected chi connectivity index (χ4v) is 3.66. The lowest BCUT2D eigenvalue weighted by Gasteiger charge is -2.28. The number of carbonyl (C=O) groups excluding carboxylic acids is 3. The second-order valence-corrected chi connectivity index (χ2v) is 10.9. The van der Waals surface area contributed by atoms with Gasteiger partial charge >= 0.3 is 24.4 Å². The number of hydrogen-bond donors (Lipinski definition) is 2. The summed E-state index contributed by atoms with van der Waals surface area (Å²) in [6, 6.07) is 10.9. The molecule has 0 heterocycles. The van der Waals surface area contributed by atoms with E-state index < -0.39 is 54.5 Å². The van der Waals surface area contributed by atoms with E-state index in [0.29, 0.717) is 5.56 Å². The van der Waals surface area contributed by atoms with Gasteiger partial charge in [-0.3, -0.25) is 4.79 Å². The van der Waals surface area contributed by atoms with Gasteiger partial charge in [-0.25, -0.2) is 14.4 Å². The zero-order valence-electron chi connectivity index (χ0n) is 25.5. The predicted octanol–water partition coefficient (Wildman–Crippen LogP) is 6.15. The topological polar surface area (TPSA) is 170 Å². The fourth-order valence-electron chi connectivity index (χ4n) is 3.66. The predicted molar refractivity (Wildman–Crippen MR) is 155 cm³/mol. The zero-order valence-corrected chi connectivity index (χ0v) is 25.5. The van der Waals surface area contributed by atoms with Gasteiger partial charge in [0.2, 0.25) is 0 Å². The Morgan fingerprint density at radius 1 is 0.721 bits per heavy atom. The maximum Gasteiger partial charge on any atom is 0.514 e. The van der Waals surface area contributed by atoms with Crippen molar-refractivity contribution < 1.29 is 52.7 Å². The first-order chi connectivity index (χ1) is 20.2. The van der Waals surface area contributed by atoms with Crippen LogP contribution in [0.2, 0.25) is 0 Å². The number of aliphatic carboxylic acids is 1. The number of carbonyl (C=O) groups is 4. The molecule has 2 aromatic carbocycles. The van der Waals surface area contributed by atoms with Gasteiger partial charge in [0.25, 0.3) is 0 Å². The van der Waals surface area contributed by atoms with Crippen molar-refractivity contribution >= 4 is 24.4 Å². The van der Waals surface area contributed by atoms with Crippen LogP contribution in [0.4, 0.5) is 14.4 Å². The third kappa shape index (κ3) is 11.1. The van der Waals surface area contributed by atoms with E-state index in [9.17, 15) is 24.3 Å². The van der Waals surface area contributed by atoms with Crippen LogP contribution in [0, 0.1) is 17.8 Å². The number of hydrogen-bond acceptors (Lipinski definition) is 11. The highest BCUT2D eigenvalue weighted by Crippen LogP contribution is 2.36. The molecule has 0 radical (unpaired) electrons. The van der Waals surface area contributed by atoms with Crippen molar-refractivity contribution in [3.8, 4) is 17.2 Å². The maximum atomic E-state index is 12.6. The van der Waals surface area contributed by atoms with Crippen LogP contribution < -0.4 is 19.9 Å². The van der Waals surface area contributed by atoms with E-state index in [0.717, 1.165) is 0 Å². The van der Waals surface area contributed by atoms with Crippen LogP contribution in [-0.4, -0.2) is 54.4 Å². The second kappa shape index (κ2) is 16.4. The van der Waals surface area contributed by atoms with E-state index in [4.69, 9.17) is 34.2 Å². The third-order valence-corrected chi connectivity index (χ3v) is 6.87. The van der Waals surface area contributed by atoms with Gasteiger partial charge in [-0.05, 0) is 61.4 Å². The first-order valence-corrected chi connectivity index (χ1v) is 14.0. The minimum Gasteiger partial charge on any atom is -0.480 e. The molecule has 0 bridgehead atoms. The first-order valence-electron chi connectivity index (χ1n) is 14.0. The molecular formula is C31H41NO11. The van der Waals surface area contributed by atoms with Gasteiger partial charge in [0.15, 0.2) is 11.5 Å². The molecule has 2 aromatic rings. The Bertz CT molecular complexity index is 1230.